The zero-order valence-electron chi connectivity index (χ0n) is 6.09. The Labute approximate surface area is 56.4 Å². The zero-order chi connectivity index (χ0) is 6.85. The Kier molecular flexibility index (Phi) is 1.91. The van der Waals surface area contributed by atoms with E-state index in [1.807, 2.05) is 0 Å². The lowest BCUT2D eigenvalue weighted by atomic mass is 9.89. The molecule has 0 aromatic heterocycles. The van der Waals surface area contributed by atoms with Crippen LogP contribution in [0.4, 0.5) is 0 Å². The third-order valence-electron chi connectivity index (χ3n) is 2.11. The van der Waals surface area contributed by atoms with Gasteiger partial charge >= 0.3 is 0 Å². The molecule has 0 fully saturated rings. The summed E-state index contributed by atoms with van der Waals surface area (Å²) in [7, 11) is 0. The summed E-state index contributed by atoms with van der Waals surface area (Å²) in [6.45, 7) is 4.30. The van der Waals surface area contributed by atoms with Gasteiger partial charge in [0.05, 0.1) is 6.10 Å². The van der Waals surface area contributed by atoms with Crippen molar-refractivity contribution in [2.75, 3.05) is 0 Å². The molecule has 0 heterocycles. The number of hydrogen-bond acceptors (Lipinski definition) is 1. The number of rotatable bonds is 0. The Morgan fingerprint density at radius 2 is 2.33 bits per heavy atom. The molecule has 1 aliphatic rings. The minimum Gasteiger partial charge on any atom is -0.393 e. The van der Waals surface area contributed by atoms with Crippen molar-refractivity contribution >= 4 is 0 Å². The van der Waals surface area contributed by atoms with Crippen LogP contribution in [0.1, 0.15) is 26.7 Å². The largest absolute Gasteiger partial charge is 0.393 e. The Morgan fingerprint density at radius 1 is 1.67 bits per heavy atom. The molecule has 1 N–H and O–H groups in total. The van der Waals surface area contributed by atoms with Crippen LogP contribution < -0.4 is 0 Å². The van der Waals surface area contributed by atoms with Crippen LogP contribution in [0.2, 0.25) is 0 Å². The van der Waals surface area contributed by atoms with Gasteiger partial charge in [-0.2, -0.15) is 0 Å². The minimum absolute atomic E-state index is 0.0799. The summed E-state index contributed by atoms with van der Waals surface area (Å²) < 4.78 is 0. The van der Waals surface area contributed by atoms with Crippen LogP contribution in [0.3, 0.4) is 0 Å². The first-order valence-electron chi connectivity index (χ1n) is 3.55. The first kappa shape index (κ1) is 6.81. The van der Waals surface area contributed by atoms with Gasteiger partial charge in [-0.05, 0) is 25.7 Å². The summed E-state index contributed by atoms with van der Waals surface area (Å²) in [6, 6.07) is 0. The van der Waals surface area contributed by atoms with Crippen LogP contribution >= 0.6 is 0 Å². The fourth-order valence-electron chi connectivity index (χ4n) is 1.21. The quantitative estimate of drug-likeness (QED) is 0.490. The molecule has 0 saturated heterocycles. The van der Waals surface area contributed by atoms with E-state index >= 15 is 0 Å². The minimum atomic E-state index is -0.0799. The second-order valence-electron chi connectivity index (χ2n) is 2.97. The molecule has 0 saturated carbocycles. The summed E-state index contributed by atoms with van der Waals surface area (Å²) in [5.41, 5.74) is 1.43. The number of aliphatic hydroxyl groups excluding tert-OH is 1. The van der Waals surface area contributed by atoms with Gasteiger partial charge in [0, 0.05) is 0 Å². The predicted molar refractivity (Wildman–Crippen MR) is 38.2 cm³/mol. The van der Waals surface area contributed by atoms with Crippen LogP contribution in [0, 0.1) is 5.92 Å². The summed E-state index contributed by atoms with van der Waals surface area (Å²) >= 11 is 0. The Balaban J connectivity index is 2.56. The summed E-state index contributed by atoms with van der Waals surface area (Å²) in [6.07, 6.45) is 3.86. The van der Waals surface area contributed by atoms with Crippen molar-refractivity contribution < 1.29 is 5.11 Å². The van der Waals surface area contributed by atoms with Crippen molar-refractivity contribution in [3.63, 3.8) is 0 Å². The fourth-order valence-corrected chi connectivity index (χ4v) is 1.21. The van der Waals surface area contributed by atoms with Gasteiger partial charge in [0.2, 0.25) is 0 Å². The Hall–Kier alpha value is -0.300. The molecule has 0 radical (unpaired) electrons. The average molecular weight is 126 g/mol. The van der Waals surface area contributed by atoms with Crippen LogP contribution in [-0.4, -0.2) is 11.2 Å². The van der Waals surface area contributed by atoms with Crippen molar-refractivity contribution in [1.29, 1.82) is 0 Å². The van der Waals surface area contributed by atoms with Crippen LogP contribution in [0.25, 0.3) is 0 Å². The molecule has 9 heavy (non-hydrogen) atoms. The van der Waals surface area contributed by atoms with Gasteiger partial charge in [0.1, 0.15) is 0 Å². The molecule has 0 bridgehead atoms. The van der Waals surface area contributed by atoms with Gasteiger partial charge in [-0.15, -0.1) is 0 Å². The first-order valence-corrected chi connectivity index (χ1v) is 3.55. The van der Waals surface area contributed by atoms with Gasteiger partial charge in [-0.25, -0.2) is 0 Å². The third kappa shape index (κ3) is 1.55. The Bertz CT molecular complexity index is 127. The summed E-state index contributed by atoms with van der Waals surface area (Å²) in [4.78, 5) is 0. The lowest BCUT2D eigenvalue weighted by molar-refractivity contribution is 0.147. The van der Waals surface area contributed by atoms with Crippen molar-refractivity contribution in [2.24, 2.45) is 5.92 Å². The normalized spacial score (nSPS) is 36.1. The van der Waals surface area contributed by atoms with E-state index in [0.29, 0.717) is 5.92 Å². The molecule has 52 valence electrons. The van der Waals surface area contributed by atoms with Crippen molar-refractivity contribution in [2.45, 2.75) is 32.8 Å². The van der Waals surface area contributed by atoms with Gasteiger partial charge in [0.15, 0.2) is 0 Å². The van der Waals surface area contributed by atoms with E-state index in [1.165, 1.54) is 5.57 Å². The highest BCUT2D eigenvalue weighted by atomic mass is 16.3. The maximum Gasteiger partial charge on any atom is 0.0580 e. The molecule has 1 nitrogen and oxygen atoms in total. The summed E-state index contributed by atoms with van der Waals surface area (Å²) in [5, 5.41) is 9.15. The maximum atomic E-state index is 9.15. The summed E-state index contributed by atoms with van der Waals surface area (Å²) in [5.74, 6) is 0.591. The molecule has 1 heteroatoms. The predicted octanol–water partition coefficient (Wildman–Crippen LogP) is 1.72. The van der Waals surface area contributed by atoms with E-state index in [9.17, 15) is 0 Å². The topological polar surface area (TPSA) is 20.2 Å². The van der Waals surface area contributed by atoms with Gasteiger partial charge in [-0.1, -0.05) is 18.6 Å². The van der Waals surface area contributed by atoms with Crippen LogP contribution in [-0.2, 0) is 0 Å². The SMILES string of the molecule is CC1=CC[C@H](O)C[C@@H]1C. The molecule has 0 aromatic rings. The number of allylic oxidation sites excluding steroid dienone is 1. The van der Waals surface area contributed by atoms with Crippen molar-refractivity contribution in [1.82, 2.24) is 0 Å². The lowest BCUT2D eigenvalue weighted by Gasteiger charge is -2.21. The highest BCUT2D eigenvalue weighted by molar-refractivity contribution is 5.07. The molecule has 0 unspecified atom stereocenters. The third-order valence-corrected chi connectivity index (χ3v) is 2.11. The molecule has 0 aromatic carbocycles. The fraction of sp³-hybridized carbons (Fsp3) is 0.750. The molecule has 0 amide bonds. The zero-order valence-corrected chi connectivity index (χ0v) is 6.09. The molecule has 1 rings (SSSR count). The smallest absolute Gasteiger partial charge is 0.0580 e. The van der Waals surface area contributed by atoms with Gasteiger partial charge in [0.25, 0.3) is 0 Å². The Morgan fingerprint density at radius 3 is 2.78 bits per heavy atom. The van der Waals surface area contributed by atoms with Crippen molar-refractivity contribution in [3.05, 3.63) is 11.6 Å². The van der Waals surface area contributed by atoms with E-state index in [2.05, 4.69) is 19.9 Å². The highest BCUT2D eigenvalue weighted by Gasteiger charge is 2.15. The van der Waals surface area contributed by atoms with Gasteiger partial charge < -0.3 is 5.11 Å². The highest BCUT2D eigenvalue weighted by Crippen LogP contribution is 2.23. The maximum absolute atomic E-state index is 9.15. The number of aliphatic hydroxyl groups is 1. The molecule has 1 aliphatic carbocycles. The molecule has 0 spiro atoms. The monoisotopic (exact) mass is 126 g/mol. The van der Waals surface area contributed by atoms with Gasteiger partial charge in [-0.3, -0.25) is 0 Å². The number of hydrogen-bond donors (Lipinski definition) is 1. The molecule has 2 atom stereocenters. The van der Waals surface area contributed by atoms with Crippen LogP contribution in [0.15, 0.2) is 11.6 Å². The van der Waals surface area contributed by atoms with Crippen LogP contribution in [0.5, 0.6) is 0 Å². The van der Waals surface area contributed by atoms with E-state index in [-0.39, 0.29) is 6.10 Å². The molecular formula is C8H14O. The molecule has 0 aliphatic heterocycles. The molecular weight excluding hydrogens is 112 g/mol. The van der Waals surface area contributed by atoms with E-state index in [4.69, 9.17) is 5.11 Å². The van der Waals surface area contributed by atoms with E-state index < -0.39 is 0 Å². The first-order chi connectivity index (χ1) is 4.20. The lowest BCUT2D eigenvalue weighted by Crippen LogP contribution is -2.16. The standard InChI is InChI=1S/C8H14O/c1-6-3-4-8(9)5-7(6)2/h3,7-9H,4-5H2,1-2H3/t7-,8-/m0/s1. The second-order valence-corrected chi connectivity index (χ2v) is 2.97. The van der Waals surface area contributed by atoms with E-state index in [1.54, 1.807) is 0 Å². The average Bonchev–Trinajstić information content (AvgIpc) is 1.80. The van der Waals surface area contributed by atoms with E-state index in [0.717, 1.165) is 12.8 Å². The van der Waals surface area contributed by atoms with Crippen molar-refractivity contribution in [3.8, 4) is 0 Å². The second kappa shape index (κ2) is 2.53.